The van der Waals surface area contributed by atoms with Crippen molar-refractivity contribution in [2.45, 2.75) is 51.6 Å². The third kappa shape index (κ3) is 4.21. The molecule has 5 heteroatoms. The van der Waals surface area contributed by atoms with Gasteiger partial charge in [0.05, 0.1) is 5.52 Å². The number of hydrogen-bond donors (Lipinski definition) is 1. The van der Waals surface area contributed by atoms with Crippen LogP contribution in [0.15, 0.2) is 42.5 Å². The van der Waals surface area contributed by atoms with Gasteiger partial charge in [0.15, 0.2) is 6.10 Å². The molecule has 0 aliphatic heterocycles. The number of aryl methyl sites for hydroxylation is 1. The van der Waals surface area contributed by atoms with E-state index in [2.05, 4.69) is 19.1 Å². The number of unbranched alkanes of at least 4 members (excludes halogenated alkanes) is 1. The lowest BCUT2D eigenvalue weighted by molar-refractivity contribution is -0.151. The standard InChI is InChI=1S/C25H26ClNO3/c1-3-4-13-30-24(25(28)29)22-15(2)14-21-19(11-12-20(27-21)16-5-6-16)23(22)17-7-9-18(26)10-8-17/h7-12,14,16,24H,3-6,13H2,1-2H3,(H,28,29). The molecule has 4 rings (SSSR count). The van der Waals surface area contributed by atoms with Crippen molar-refractivity contribution < 1.29 is 14.6 Å². The van der Waals surface area contributed by atoms with E-state index in [-0.39, 0.29) is 0 Å². The van der Waals surface area contributed by atoms with Crippen molar-refractivity contribution in [1.82, 2.24) is 4.98 Å². The summed E-state index contributed by atoms with van der Waals surface area (Å²) in [5.41, 5.74) is 5.34. The number of rotatable bonds is 8. The number of aromatic nitrogens is 1. The zero-order chi connectivity index (χ0) is 21.3. The Morgan fingerprint density at radius 2 is 1.97 bits per heavy atom. The number of ether oxygens (including phenoxy) is 1. The summed E-state index contributed by atoms with van der Waals surface area (Å²) in [6.45, 7) is 4.41. The molecule has 1 fully saturated rings. The molecule has 2 aromatic carbocycles. The molecule has 1 saturated carbocycles. The van der Waals surface area contributed by atoms with E-state index < -0.39 is 12.1 Å². The zero-order valence-corrected chi connectivity index (χ0v) is 18.1. The molecule has 1 N–H and O–H groups in total. The monoisotopic (exact) mass is 423 g/mol. The maximum atomic E-state index is 12.2. The minimum absolute atomic E-state index is 0.407. The van der Waals surface area contributed by atoms with E-state index in [4.69, 9.17) is 21.3 Å². The van der Waals surface area contributed by atoms with Crippen LogP contribution in [0.1, 0.15) is 61.4 Å². The van der Waals surface area contributed by atoms with Gasteiger partial charge < -0.3 is 9.84 Å². The molecule has 1 heterocycles. The lowest BCUT2D eigenvalue weighted by Crippen LogP contribution is -2.18. The average Bonchev–Trinajstić information content (AvgIpc) is 3.56. The second-order valence-corrected chi connectivity index (χ2v) is 8.45. The molecule has 0 amide bonds. The third-order valence-electron chi connectivity index (χ3n) is 5.66. The number of fused-ring (bicyclic) bond motifs is 1. The Hall–Kier alpha value is -2.43. The summed E-state index contributed by atoms with van der Waals surface area (Å²) in [6, 6.07) is 13.7. The molecule has 1 aromatic heterocycles. The second kappa shape index (κ2) is 8.75. The van der Waals surface area contributed by atoms with Crippen LogP contribution in [0.5, 0.6) is 0 Å². The van der Waals surface area contributed by atoms with Gasteiger partial charge in [-0.25, -0.2) is 4.79 Å². The lowest BCUT2D eigenvalue weighted by atomic mass is 9.88. The minimum atomic E-state index is -1.03. The van der Waals surface area contributed by atoms with Crippen LogP contribution in [-0.2, 0) is 9.53 Å². The fourth-order valence-corrected chi connectivity index (χ4v) is 4.06. The van der Waals surface area contributed by atoms with Crippen molar-refractivity contribution >= 4 is 28.5 Å². The van der Waals surface area contributed by atoms with Crippen LogP contribution in [0.4, 0.5) is 0 Å². The molecular formula is C25H26ClNO3. The molecule has 1 aliphatic rings. The summed E-state index contributed by atoms with van der Waals surface area (Å²) in [6.07, 6.45) is 3.10. The van der Waals surface area contributed by atoms with Crippen LogP contribution in [0.3, 0.4) is 0 Å². The predicted molar refractivity (Wildman–Crippen MR) is 120 cm³/mol. The number of pyridine rings is 1. The molecule has 1 unspecified atom stereocenters. The van der Waals surface area contributed by atoms with Crippen LogP contribution in [0.25, 0.3) is 22.0 Å². The molecule has 0 saturated heterocycles. The van der Waals surface area contributed by atoms with Crippen molar-refractivity contribution in [3.63, 3.8) is 0 Å². The molecule has 1 atom stereocenters. The fourth-order valence-electron chi connectivity index (χ4n) is 3.93. The first-order valence-corrected chi connectivity index (χ1v) is 10.9. The molecule has 0 bridgehead atoms. The van der Waals surface area contributed by atoms with Crippen LogP contribution in [0, 0.1) is 6.92 Å². The van der Waals surface area contributed by atoms with Gasteiger partial charge in [-0.2, -0.15) is 0 Å². The Balaban J connectivity index is 1.94. The third-order valence-corrected chi connectivity index (χ3v) is 5.91. The summed E-state index contributed by atoms with van der Waals surface area (Å²) in [7, 11) is 0. The smallest absolute Gasteiger partial charge is 0.337 e. The van der Waals surface area contributed by atoms with E-state index in [0.29, 0.717) is 23.1 Å². The molecule has 4 nitrogen and oxygen atoms in total. The molecule has 0 radical (unpaired) electrons. The van der Waals surface area contributed by atoms with Gasteiger partial charge in [0.25, 0.3) is 0 Å². The SMILES string of the molecule is CCCCOC(C(=O)O)c1c(C)cc2nc(C3CC3)ccc2c1-c1ccc(Cl)cc1. The Kier molecular flexibility index (Phi) is 6.07. The van der Waals surface area contributed by atoms with Crippen molar-refractivity contribution in [2.75, 3.05) is 6.61 Å². The van der Waals surface area contributed by atoms with Crippen molar-refractivity contribution in [1.29, 1.82) is 0 Å². The van der Waals surface area contributed by atoms with Crippen molar-refractivity contribution in [3.05, 3.63) is 64.3 Å². The van der Waals surface area contributed by atoms with Crippen LogP contribution >= 0.6 is 11.6 Å². The number of hydrogen-bond acceptors (Lipinski definition) is 3. The van der Waals surface area contributed by atoms with Crippen molar-refractivity contribution in [3.8, 4) is 11.1 Å². The first kappa shape index (κ1) is 20.8. The second-order valence-electron chi connectivity index (χ2n) is 8.01. The summed E-state index contributed by atoms with van der Waals surface area (Å²) in [5, 5.41) is 11.6. The predicted octanol–water partition coefficient (Wildman–Crippen LogP) is 6.68. The highest BCUT2D eigenvalue weighted by Gasteiger charge is 2.29. The van der Waals surface area contributed by atoms with Gasteiger partial charge in [0, 0.05) is 34.2 Å². The Morgan fingerprint density at radius 3 is 2.60 bits per heavy atom. The van der Waals surface area contributed by atoms with Gasteiger partial charge in [0.1, 0.15) is 0 Å². The molecule has 30 heavy (non-hydrogen) atoms. The largest absolute Gasteiger partial charge is 0.479 e. The summed E-state index contributed by atoms with van der Waals surface area (Å²) in [4.78, 5) is 17.1. The molecule has 156 valence electrons. The van der Waals surface area contributed by atoms with Crippen LogP contribution in [0.2, 0.25) is 5.02 Å². The Labute approximate surface area is 181 Å². The Morgan fingerprint density at radius 1 is 1.23 bits per heavy atom. The molecular weight excluding hydrogens is 398 g/mol. The van der Waals surface area contributed by atoms with E-state index in [0.717, 1.165) is 46.1 Å². The molecule has 1 aliphatic carbocycles. The first-order chi connectivity index (χ1) is 14.5. The van der Waals surface area contributed by atoms with E-state index in [1.807, 2.05) is 37.3 Å². The maximum Gasteiger partial charge on any atom is 0.337 e. The fraction of sp³-hybridized carbons (Fsp3) is 0.360. The van der Waals surface area contributed by atoms with Gasteiger partial charge in [-0.15, -0.1) is 0 Å². The topological polar surface area (TPSA) is 59.4 Å². The quantitative estimate of drug-likeness (QED) is 0.410. The normalized spacial score (nSPS) is 14.8. The molecule has 0 spiro atoms. The first-order valence-electron chi connectivity index (χ1n) is 10.5. The maximum absolute atomic E-state index is 12.2. The molecule has 3 aromatic rings. The number of carboxylic acid groups (broad SMARTS) is 1. The number of benzene rings is 2. The van der Waals surface area contributed by atoms with E-state index in [1.165, 1.54) is 12.8 Å². The van der Waals surface area contributed by atoms with E-state index >= 15 is 0 Å². The number of carboxylic acids is 1. The van der Waals surface area contributed by atoms with Crippen LogP contribution in [-0.4, -0.2) is 22.7 Å². The number of nitrogens with zero attached hydrogens (tertiary/aromatic N) is 1. The Bertz CT molecular complexity index is 1070. The van der Waals surface area contributed by atoms with Crippen LogP contribution < -0.4 is 0 Å². The van der Waals surface area contributed by atoms with Gasteiger partial charge in [-0.3, -0.25) is 4.98 Å². The highest BCUT2D eigenvalue weighted by atomic mass is 35.5. The highest BCUT2D eigenvalue weighted by Crippen LogP contribution is 2.42. The zero-order valence-electron chi connectivity index (χ0n) is 17.3. The lowest BCUT2D eigenvalue weighted by Gasteiger charge is -2.22. The number of halogens is 1. The van der Waals surface area contributed by atoms with E-state index in [9.17, 15) is 9.90 Å². The summed E-state index contributed by atoms with van der Waals surface area (Å²) < 4.78 is 5.87. The summed E-state index contributed by atoms with van der Waals surface area (Å²) >= 11 is 6.12. The van der Waals surface area contributed by atoms with Gasteiger partial charge in [0.2, 0.25) is 0 Å². The summed E-state index contributed by atoms with van der Waals surface area (Å²) in [5.74, 6) is -0.427. The highest BCUT2D eigenvalue weighted by molar-refractivity contribution is 6.30. The van der Waals surface area contributed by atoms with E-state index in [1.54, 1.807) is 0 Å². The number of carbonyl (C=O) groups is 1. The van der Waals surface area contributed by atoms with Gasteiger partial charge in [-0.1, -0.05) is 43.1 Å². The van der Waals surface area contributed by atoms with Crippen molar-refractivity contribution in [2.24, 2.45) is 0 Å². The number of aliphatic carboxylic acids is 1. The van der Waals surface area contributed by atoms with Gasteiger partial charge >= 0.3 is 5.97 Å². The van der Waals surface area contributed by atoms with Gasteiger partial charge in [-0.05, 0) is 67.1 Å². The minimum Gasteiger partial charge on any atom is -0.479 e. The average molecular weight is 424 g/mol.